The van der Waals surface area contributed by atoms with E-state index in [2.05, 4.69) is 5.32 Å². The number of nitrogens with one attached hydrogen (secondary N) is 1. The van der Waals surface area contributed by atoms with Crippen molar-refractivity contribution in [2.45, 2.75) is 20.8 Å². The molecule has 0 heterocycles. The molecule has 0 aliphatic carbocycles. The molecule has 2 aromatic carbocycles. The van der Waals surface area contributed by atoms with Crippen molar-refractivity contribution in [3.8, 4) is 0 Å². The first-order chi connectivity index (χ1) is 9.10. The summed E-state index contributed by atoms with van der Waals surface area (Å²) in [5.74, 6) is 0. The molecule has 0 bridgehead atoms. The molecule has 100 valence electrons. The molecule has 0 fully saturated rings. The molecule has 19 heavy (non-hydrogen) atoms. The summed E-state index contributed by atoms with van der Waals surface area (Å²) in [6.07, 6.45) is 0.701. The molecule has 2 aromatic rings. The highest BCUT2D eigenvalue weighted by Gasteiger charge is 2.06. The summed E-state index contributed by atoms with van der Waals surface area (Å²) in [4.78, 5) is 21.8. The van der Waals surface area contributed by atoms with Crippen LogP contribution in [0.25, 0.3) is 10.8 Å². The molecule has 0 aliphatic rings. The highest BCUT2D eigenvalue weighted by Crippen LogP contribution is 2.24. The lowest BCUT2D eigenvalue weighted by atomic mass is 10.0. The fourth-order valence-corrected chi connectivity index (χ4v) is 1.77. The van der Waals surface area contributed by atoms with Crippen LogP contribution < -0.4 is 11.1 Å². The van der Waals surface area contributed by atoms with E-state index in [0.717, 1.165) is 16.3 Å². The molecule has 0 spiro atoms. The summed E-state index contributed by atoms with van der Waals surface area (Å²) in [6.45, 7) is 5.98. The van der Waals surface area contributed by atoms with Gasteiger partial charge in [0.15, 0.2) is 6.29 Å². The number of aldehydes is 1. The third-order valence-corrected chi connectivity index (χ3v) is 2.55. The molecular formula is C15H18N2O2. The molecule has 0 aromatic heterocycles. The Balaban J connectivity index is 0.000000861. The van der Waals surface area contributed by atoms with Gasteiger partial charge in [0.1, 0.15) is 0 Å². The van der Waals surface area contributed by atoms with Crippen LogP contribution in [0.15, 0.2) is 30.3 Å². The monoisotopic (exact) mass is 258 g/mol. The zero-order valence-electron chi connectivity index (χ0n) is 11.4. The molecule has 0 radical (unpaired) electrons. The normalized spacial score (nSPS) is 9.42. The Hall–Kier alpha value is -2.36. The Morgan fingerprint density at radius 3 is 2.42 bits per heavy atom. The maximum absolute atomic E-state index is 10.9. The third-order valence-electron chi connectivity index (χ3n) is 2.55. The number of benzene rings is 2. The molecule has 2 amide bonds. The number of carbonyl (C=O) groups is 2. The minimum atomic E-state index is -0.681. The molecule has 0 atom stereocenters. The molecule has 2 rings (SSSR count). The van der Waals surface area contributed by atoms with E-state index in [1.165, 1.54) is 0 Å². The highest BCUT2D eigenvalue weighted by atomic mass is 16.2. The van der Waals surface area contributed by atoms with Crippen LogP contribution in [0.3, 0.4) is 0 Å². The number of carbonyl (C=O) groups excluding carboxylic acids is 2. The van der Waals surface area contributed by atoms with Gasteiger partial charge in [-0.1, -0.05) is 37.6 Å². The largest absolute Gasteiger partial charge is 0.351 e. The Labute approximate surface area is 112 Å². The van der Waals surface area contributed by atoms with E-state index >= 15 is 0 Å². The van der Waals surface area contributed by atoms with Crippen LogP contribution in [0, 0.1) is 6.92 Å². The third kappa shape index (κ3) is 3.55. The number of anilines is 1. The van der Waals surface area contributed by atoms with E-state index in [1.54, 1.807) is 12.1 Å². The first-order valence-electron chi connectivity index (χ1n) is 6.16. The maximum Gasteiger partial charge on any atom is 0.316 e. The molecule has 0 saturated heterocycles. The summed E-state index contributed by atoms with van der Waals surface area (Å²) in [6, 6.07) is 8.68. The van der Waals surface area contributed by atoms with E-state index < -0.39 is 6.03 Å². The fourth-order valence-electron chi connectivity index (χ4n) is 1.77. The second-order valence-electron chi connectivity index (χ2n) is 3.90. The number of nitrogens with two attached hydrogens (primary N) is 1. The Bertz CT molecular complexity index is 606. The predicted octanol–water partition coefficient (Wildman–Crippen LogP) is 3.48. The highest BCUT2D eigenvalue weighted by molar-refractivity contribution is 6.00. The molecule has 3 N–H and O–H groups in total. The Kier molecular flexibility index (Phi) is 5.06. The van der Waals surface area contributed by atoms with E-state index in [1.807, 2.05) is 39.0 Å². The van der Waals surface area contributed by atoms with Crippen molar-refractivity contribution < 1.29 is 9.59 Å². The van der Waals surface area contributed by atoms with Crippen LogP contribution >= 0.6 is 0 Å². The lowest BCUT2D eigenvalue weighted by molar-refractivity contribution is 0.112. The second kappa shape index (κ2) is 6.54. The topological polar surface area (TPSA) is 72.2 Å². The minimum Gasteiger partial charge on any atom is -0.351 e. The number of amides is 2. The Morgan fingerprint density at radius 1 is 1.16 bits per heavy atom. The van der Waals surface area contributed by atoms with Crippen molar-refractivity contribution in [3.63, 3.8) is 0 Å². The van der Waals surface area contributed by atoms with Gasteiger partial charge in [-0.25, -0.2) is 4.79 Å². The van der Waals surface area contributed by atoms with Gasteiger partial charge in [-0.2, -0.15) is 0 Å². The van der Waals surface area contributed by atoms with E-state index in [4.69, 9.17) is 5.73 Å². The number of hydrogen-bond acceptors (Lipinski definition) is 2. The van der Waals surface area contributed by atoms with Crippen LogP contribution in [0.5, 0.6) is 0 Å². The van der Waals surface area contributed by atoms with Crippen LogP contribution in [-0.2, 0) is 0 Å². The van der Waals surface area contributed by atoms with Crippen molar-refractivity contribution in [2.75, 3.05) is 5.32 Å². The quantitative estimate of drug-likeness (QED) is 0.809. The van der Waals surface area contributed by atoms with Gasteiger partial charge in [0, 0.05) is 5.56 Å². The van der Waals surface area contributed by atoms with Gasteiger partial charge in [0.2, 0.25) is 0 Å². The summed E-state index contributed by atoms with van der Waals surface area (Å²) in [7, 11) is 0. The van der Waals surface area contributed by atoms with Crippen LogP contribution in [-0.4, -0.2) is 12.3 Å². The van der Waals surface area contributed by atoms with Crippen LogP contribution in [0.1, 0.15) is 29.8 Å². The van der Waals surface area contributed by atoms with Crippen molar-refractivity contribution in [2.24, 2.45) is 5.73 Å². The molecule has 4 nitrogen and oxygen atoms in total. The fraction of sp³-hybridized carbons (Fsp3) is 0.200. The minimum absolute atomic E-state index is 0.418. The molecular weight excluding hydrogens is 240 g/mol. The summed E-state index contributed by atoms with van der Waals surface area (Å²) in [5, 5.41) is 4.35. The number of primary amides is 1. The van der Waals surface area contributed by atoms with E-state index in [9.17, 15) is 9.59 Å². The second-order valence-corrected chi connectivity index (χ2v) is 3.90. The summed E-state index contributed by atoms with van der Waals surface area (Å²) in [5.41, 5.74) is 7.02. The lowest BCUT2D eigenvalue weighted by Crippen LogP contribution is -2.20. The first kappa shape index (κ1) is 14.7. The number of urea groups is 1. The summed E-state index contributed by atoms with van der Waals surface area (Å²) < 4.78 is 0. The summed E-state index contributed by atoms with van der Waals surface area (Å²) >= 11 is 0. The average Bonchev–Trinajstić information content (AvgIpc) is 2.40. The van der Waals surface area contributed by atoms with Gasteiger partial charge in [-0.15, -0.1) is 0 Å². The lowest BCUT2D eigenvalue weighted by Gasteiger charge is -2.08. The number of hydrogen-bond donors (Lipinski definition) is 2. The first-order valence-corrected chi connectivity index (χ1v) is 6.16. The Morgan fingerprint density at radius 2 is 1.84 bits per heavy atom. The van der Waals surface area contributed by atoms with Crippen molar-refractivity contribution >= 4 is 28.8 Å². The molecule has 0 unspecified atom stereocenters. The van der Waals surface area contributed by atoms with Gasteiger partial charge in [0.25, 0.3) is 0 Å². The number of rotatable bonds is 2. The van der Waals surface area contributed by atoms with Gasteiger partial charge in [-0.05, 0) is 29.8 Å². The zero-order chi connectivity index (χ0) is 14.4. The zero-order valence-corrected chi connectivity index (χ0v) is 11.4. The number of fused-ring (bicyclic) bond motifs is 1. The number of aryl methyl sites for hydroxylation is 1. The molecule has 4 heteroatoms. The standard InChI is InChI=1S/C13H12N2O2.C2H6/c1-8-2-3-9-6-12(15-13(14)17)11(7-16)5-10(9)4-8;1-2/h2-7H,1H3,(H3,14,15,17);1-2H3. The van der Waals surface area contributed by atoms with E-state index in [-0.39, 0.29) is 0 Å². The van der Waals surface area contributed by atoms with E-state index in [0.29, 0.717) is 17.5 Å². The average molecular weight is 258 g/mol. The van der Waals surface area contributed by atoms with Crippen molar-refractivity contribution in [1.29, 1.82) is 0 Å². The van der Waals surface area contributed by atoms with Gasteiger partial charge in [-0.3, -0.25) is 4.79 Å². The van der Waals surface area contributed by atoms with Crippen LogP contribution in [0.4, 0.5) is 10.5 Å². The van der Waals surface area contributed by atoms with Gasteiger partial charge in [0.05, 0.1) is 5.69 Å². The SMILES string of the molecule is CC.Cc1ccc2cc(NC(N)=O)c(C=O)cc2c1. The van der Waals surface area contributed by atoms with Crippen molar-refractivity contribution in [1.82, 2.24) is 0 Å². The smallest absolute Gasteiger partial charge is 0.316 e. The maximum atomic E-state index is 10.9. The van der Waals surface area contributed by atoms with Gasteiger partial charge >= 0.3 is 6.03 Å². The molecule has 0 saturated carbocycles. The van der Waals surface area contributed by atoms with Crippen molar-refractivity contribution in [3.05, 3.63) is 41.5 Å². The predicted molar refractivity (Wildman–Crippen MR) is 78.6 cm³/mol. The van der Waals surface area contributed by atoms with Gasteiger partial charge < -0.3 is 11.1 Å². The molecule has 0 aliphatic heterocycles. The van der Waals surface area contributed by atoms with Crippen LogP contribution in [0.2, 0.25) is 0 Å².